The number of fused-ring (bicyclic) bond motifs is 7. The molecule has 0 atom stereocenters. The first-order chi connectivity index (χ1) is 32.7. The molecular formula is C61H39N3O2. The highest BCUT2D eigenvalue weighted by Gasteiger charge is 2.27. The monoisotopic (exact) mass is 845 g/mol. The van der Waals surface area contributed by atoms with Crippen molar-refractivity contribution in [3.8, 4) is 45.0 Å². The van der Waals surface area contributed by atoms with Gasteiger partial charge in [-0.05, 0) is 112 Å². The molecule has 0 amide bonds. The molecule has 5 heteroatoms. The number of pyridine rings is 1. The van der Waals surface area contributed by atoms with Crippen molar-refractivity contribution < 1.29 is 9.15 Å². The number of para-hydroxylation sites is 5. The normalized spacial score (nSPS) is 11.8. The Labute approximate surface area is 381 Å². The summed E-state index contributed by atoms with van der Waals surface area (Å²) in [7, 11) is 0. The highest BCUT2D eigenvalue weighted by molar-refractivity contribution is 6.18. The molecule has 2 aromatic heterocycles. The molecule has 1 aliphatic rings. The van der Waals surface area contributed by atoms with Crippen LogP contribution in [-0.4, -0.2) is 4.98 Å². The number of rotatable bonds is 8. The molecule has 0 radical (unpaired) electrons. The van der Waals surface area contributed by atoms with Gasteiger partial charge in [-0.1, -0.05) is 140 Å². The second-order valence-corrected chi connectivity index (χ2v) is 16.7. The Kier molecular flexibility index (Phi) is 8.78. The molecule has 5 nitrogen and oxygen atoms in total. The Bertz CT molecular complexity index is 3750. The second-order valence-electron chi connectivity index (χ2n) is 16.7. The van der Waals surface area contributed by atoms with Crippen molar-refractivity contribution in [2.75, 3.05) is 9.80 Å². The van der Waals surface area contributed by atoms with Crippen molar-refractivity contribution >= 4 is 77.6 Å². The minimum atomic E-state index is 0.798. The van der Waals surface area contributed by atoms with Crippen molar-refractivity contribution in [3.63, 3.8) is 0 Å². The molecule has 0 saturated heterocycles. The van der Waals surface area contributed by atoms with Gasteiger partial charge in [-0.25, -0.2) is 0 Å². The Hall–Kier alpha value is -8.93. The van der Waals surface area contributed by atoms with Crippen molar-refractivity contribution in [2.45, 2.75) is 0 Å². The fourth-order valence-corrected chi connectivity index (χ4v) is 9.85. The standard InChI is InChI=1S/C61H39N3O2/c1-4-16-40(17-5-1)47-22-10-12-26-55(47)64(56-27-14-25-51-48-23-11-13-28-57(48)66-61(51)56)45-32-34-49-53-36-41-30-31-42(37-52(41)50-24-15-29-58(60(50)53)65-59(49)38-45)54-35-33-46(39-62-54)63(43-18-6-2-7-19-43)44-20-8-3-9-21-44/h1-39H. The minimum absolute atomic E-state index is 0.798. The molecule has 12 aromatic rings. The van der Waals surface area contributed by atoms with E-state index in [4.69, 9.17) is 14.1 Å². The lowest BCUT2D eigenvalue weighted by Gasteiger charge is -2.29. The smallest absolute Gasteiger partial charge is 0.159 e. The summed E-state index contributed by atoms with van der Waals surface area (Å²) in [5.41, 5.74) is 14.2. The zero-order valence-corrected chi connectivity index (χ0v) is 35.7. The van der Waals surface area contributed by atoms with E-state index in [2.05, 4.69) is 216 Å². The Morgan fingerprint density at radius 2 is 1.05 bits per heavy atom. The van der Waals surface area contributed by atoms with E-state index in [1.54, 1.807) is 0 Å². The Morgan fingerprint density at radius 1 is 0.364 bits per heavy atom. The lowest BCUT2D eigenvalue weighted by molar-refractivity contribution is 0.487. The van der Waals surface area contributed by atoms with Gasteiger partial charge in [-0.3, -0.25) is 4.98 Å². The molecule has 0 spiro atoms. The van der Waals surface area contributed by atoms with E-state index in [1.807, 2.05) is 30.5 Å². The van der Waals surface area contributed by atoms with Crippen LogP contribution in [0.5, 0.6) is 11.5 Å². The topological polar surface area (TPSA) is 41.7 Å². The summed E-state index contributed by atoms with van der Waals surface area (Å²) in [4.78, 5) is 9.59. The van der Waals surface area contributed by atoms with Crippen LogP contribution in [0, 0.1) is 0 Å². The first kappa shape index (κ1) is 37.6. The fourth-order valence-electron chi connectivity index (χ4n) is 9.85. The number of nitrogens with zero attached hydrogens (tertiary/aromatic N) is 3. The third-order valence-electron chi connectivity index (χ3n) is 12.9. The Balaban J connectivity index is 0.918. The third-order valence-corrected chi connectivity index (χ3v) is 12.9. The molecule has 0 unspecified atom stereocenters. The van der Waals surface area contributed by atoms with Gasteiger partial charge in [0.1, 0.15) is 17.1 Å². The number of ether oxygens (including phenoxy) is 1. The van der Waals surface area contributed by atoms with Crippen molar-refractivity contribution in [1.82, 2.24) is 4.98 Å². The molecule has 13 rings (SSSR count). The van der Waals surface area contributed by atoms with Gasteiger partial charge in [0.05, 0.1) is 34.6 Å². The average Bonchev–Trinajstić information content (AvgIpc) is 3.77. The maximum Gasteiger partial charge on any atom is 0.159 e. The summed E-state index contributed by atoms with van der Waals surface area (Å²) in [6.07, 6.45) is 1.97. The quantitative estimate of drug-likeness (QED) is 0.143. The van der Waals surface area contributed by atoms with Gasteiger partial charge in [0.2, 0.25) is 0 Å². The molecule has 10 aromatic carbocycles. The molecule has 0 saturated carbocycles. The molecule has 3 heterocycles. The summed E-state index contributed by atoms with van der Waals surface area (Å²) < 4.78 is 13.7. The highest BCUT2D eigenvalue weighted by Crippen LogP contribution is 2.52. The maximum absolute atomic E-state index is 6.97. The zero-order chi connectivity index (χ0) is 43.6. The van der Waals surface area contributed by atoms with E-state index < -0.39 is 0 Å². The van der Waals surface area contributed by atoms with Crippen LogP contribution in [-0.2, 0) is 0 Å². The fraction of sp³-hybridized carbons (Fsp3) is 0. The molecule has 0 aliphatic carbocycles. The van der Waals surface area contributed by atoms with E-state index in [-0.39, 0.29) is 0 Å². The maximum atomic E-state index is 6.97. The number of hydrogen-bond acceptors (Lipinski definition) is 5. The van der Waals surface area contributed by atoms with Crippen LogP contribution in [0.3, 0.4) is 0 Å². The summed E-state index contributed by atoms with van der Waals surface area (Å²) in [6, 6.07) is 80.9. The van der Waals surface area contributed by atoms with Gasteiger partial charge < -0.3 is 19.0 Å². The highest BCUT2D eigenvalue weighted by atomic mass is 16.5. The number of anilines is 6. The van der Waals surface area contributed by atoms with E-state index in [9.17, 15) is 0 Å². The summed E-state index contributed by atoms with van der Waals surface area (Å²) in [5, 5.41) is 6.71. The van der Waals surface area contributed by atoms with Gasteiger partial charge >= 0.3 is 0 Å². The molecule has 0 bridgehead atoms. The van der Waals surface area contributed by atoms with Crippen LogP contribution in [0.1, 0.15) is 0 Å². The molecule has 310 valence electrons. The van der Waals surface area contributed by atoms with Crippen molar-refractivity contribution in [3.05, 3.63) is 237 Å². The van der Waals surface area contributed by atoms with Gasteiger partial charge in [0.15, 0.2) is 5.58 Å². The lowest BCUT2D eigenvalue weighted by Crippen LogP contribution is -2.12. The largest absolute Gasteiger partial charge is 0.456 e. The number of benzene rings is 10. The van der Waals surface area contributed by atoms with Crippen LogP contribution < -0.4 is 14.5 Å². The van der Waals surface area contributed by atoms with Gasteiger partial charge in [0, 0.05) is 50.3 Å². The SMILES string of the molecule is c1ccc(-c2ccccc2N(c2ccc3c(c2)Oc2cccc4c2c-3cc2ccc(-c3ccc(N(c5ccccc5)c5ccccc5)cn3)cc24)c2cccc3c2oc2ccccc23)cc1. The van der Waals surface area contributed by atoms with Crippen molar-refractivity contribution in [1.29, 1.82) is 0 Å². The zero-order valence-electron chi connectivity index (χ0n) is 35.7. The summed E-state index contributed by atoms with van der Waals surface area (Å²) in [6.45, 7) is 0. The van der Waals surface area contributed by atoms with Crippen LogP contribution >= 0.6 is 0 Å². The van der Waals surface area contributed by atoms with Gasteiger partial charge in [-0.2, -0.15) is 0 Å². The summed E-state index contributed by atoms with van der Waals surface area (Å²) >= 11 is 0. The van der Waals surface area contributed by atoms with E-state index in [0.29, 0.717) is 0 Å². The Morgan fingerprint density at radius 3 is 1.85 bits per heavy atom. The molecular weight excluding hydrogens is 807 g/mol. The number of aromatic nitrogens is 1. The average molecular weight is 846 g/mol. The first-order valence-electron chi connectivity index (χ1n) is 22.3. The minimum Gasteiger partial charge on any atom is -0.456 e. The van der Waals surface area contributed by atoms with E-state index in [1.165, 1.54) is 0 Å². The van der Waals surface area contributed by atoms with Crippen LogP contribution in [0.15, 0.2) is 241 Å². The lowest BCUT2D eigenvalue weighted by atomic mass is 9.89. The van der Waals surface area contributed by atoms with Crippen LogP contribution in [0.2, 0.25) is 0 Å². The molecule has 0 fully saturated rings. The van der Waals surface area contributed by atoms with E-state index >= 15 is 0 Å². The molecule has 66 heavy (non-hydrogen) atoms. The van der Waals surface area contributed by atoms with Crippen LogP contribution in [0.4, 0.5) is 34.1 Å². The van der Waals surface area contributed by atoms with Crippen molar-refractivity contribution in [2.24, 2.45) is 0 Å². The first-order valence-corrected chi connectivity index (χ1v) is 22.3. The van der Waals surface area contributed by atoms with Crippen LogP contribution in [0.25, 0.3) is 77.0 Å². The number of hydrogen-bond donors (Lipinski definition) is 0. The predicted molar refractivity (Wildman–Crippen MR) is 272 cm³/mol. The van der Waals surface area contributed by atoms with E-state index in [0.717, 1.165) is 123 Å². The predicted octanol–water partition coefficient (Wildman–Crippen LogP) is 17.3. The van der Waals surface area contributed by atoms with Gasteiger partial charge in [0.25, 0.3) is 0 Å². The number of furan rings is 1. The van der Waals surface area contributed by atoms with Gasteiger partial charge in [-0.15, -0.1) is 0 Å². The molecule has 1 aliphatic heterocycles. The molecule has 0 N–H and O–H groups in total. The summed E-state index contributed by atoms with van der Waals surface area (Å²) in [5.74, 6) is 1.63. The second kappa shape index (κ2) is 15.4. The third kappa shape index (κ3) is 6.21.